The molecule has 1 fully saturated rings. The summed E-state index contributed by atoms with van der Waals surface area (Å²) in [7, 11) is -5.20. The van der Waals surface area contributed by atoms with Gasteiger partial charge < -0.3 is 33.9 Å². The van der Waals surface area contributed by atoms with Crippen LogP contribution in [0.4, 0.5) is 9.93 Å². The van der Waals surface area contributed by atoms with E-state index in [0.29, 0.717) is 5.69 Å². The van der Waals surface area contributed by atoms with E-state index in [1.54, 1.807) is 41.5 Å². The Balaban J connectivity index is 1.02. The van der Waals surface area contributed by atoms with Crippen LogP contribution < -0.4 is 25.6 Å². The van der Waals surface area contributed by atoms with Gasteiger partial charge in [0.15, 0.2) is 22.7 Å². The van der Waals surface area contributed by atoms with Crippen LogP contribution in [-0.2, 0) is 63.5 Å². The van der Waals surface area contributed by atoms with Crippen molar-refractivity contribution in [2.45, 2.75) is 116 Å². The normalized spacial score (nSPS) is 14.9. The first-order valence-corrected chi connectivity index (χ1v) is 27.9. The van der Waals surface area contributed by atoms with Gasteiger partial charge >= 0.3 is 22.4 Å². The maximum Gasteiger partial charge on any atom is 0.413 e. The van der Waals surface area contributed by atoms with Crippen LogP contribution in [-0.4, -0.2) is 100 Å². The van der Waals surface area contributed by atoms with E-state index in [4.69, 9.17) is 28.6 Å². The number of nitrogens with one attached hydrogen (secondary N) is 2. The van der Waals surface area contributed by atoms with Crippen molar-refractivity contribution in [3.8, 4) is 5.75 Å². The molecule has 8 rings (SSSR count). The van der Waals surface area contributed by atoms with Crippen LogP contribution in [0.25, 0.3) is 0 Å². The lowest BCUT2D eigenvalue weighted by Crippen LogP contribution is -2.73. The molecule has 1 aliphatic heterocycles. The summed E-state index contributed by atoms with van der Waals surface area (Å²) >= 11 is 0.877. The van der Waals surface area contributed by atoms with Gasteiger partial charge in [-0.1, -0.05) is 132 Å². The van der Waals surface area contributed by atoms with E-state index in [0.717, 1.165) is 33.6 Å². The summed E-state index contributed by atoms with van der Waals surface area (Å²) in [6.07, 6.45) is 0.699. The lowest BCUT2D eigenvalue weighted by molar-refractivity contribution is -0.179. The molecule has 82 heavy (non-hydrogen) atoms. The summed E-state index contributed by atoms with van der Waals surface area (Å²) in [6, 6.07) is 36.3. The number of oxime groups is 1. The number of carbonyl (C=O) groups is 4. The van der Waals surface area contributed by atoms with E-state index in [-0.39, 0.29) is 39.8 Å². The zero-order valence-electron chi connectivity index (χ0n) is 46.0. The Morgan fingerprint density at radius 2 is 1.30 bits per heavy atom. The van der Waals surface area contributed by atoms with Crippen LogP contribution in [0.15, 0.2) is 155 Å². The number of anilines is 1. The minimum atomic E-state index is -5.20. The molecular weight excluding hydrogens is 1100 g/mol. The van der Waals surface area contributed by atoms with Crippen LogP contribution in [0.5, 0.6) is 5.75 Å². The van der Waals surface area contributed by atoms with Gasteiger partial charge in [-0.3, -0.25) is 24.3 Å². The monoisotopic (exact) mass is 1160 g/mol. The number of hydrogen-bond acceptors (Lipinski definition) is 18. The second-order valence-electron chi connectivity index (χ2n) is 21.2. The molecule has 0 unspecified atom stereocenters. The van der Waals surface area contributed by atoms with Crippen LogP contribution >= 0.6 is 11.3 Å². The molecule has 4 aromatic carbocycles. The number of β-lactam (4-membered cyclic amide) rings is 1. The SMILES string of the molecule is CC(C)(C)OC(=O)Nc1nc(/C(=N/OC(C)(C)C(=O)OC(C)(C)C)C(=O)N[C@@H]2C(=O)N(S(=O)(=O)O)[C@@H]2Cn2cc(COCc3cc(=O)c(OC(c4ccccc4)c4ccccc4)cn3OC(c3ccccc3)c3ccccc3)nn2)cs1. The van der Waals surface area contributed by atoms with Crippen molar-refractivity contribution in [3.63, 3.8) is 0 Å². The standard InChI is InChI=1S/C57H61N9O14S2/c1-55(2,3)77-52(70)57(7,8)80-62-46(42-35-81-53(58-42)60-54(71)78-56(4,5)6)50(68)59-47-43(66(51(47)69)82(72,73)74)31-64-30-40(61-63-64)33-75-34-41-29-44(67)45(76-48(36-21-13-9-14-22-36)37-23-15-10-16-24-37)32-65(41)79-49(38-25-17-11-18-26-38)39-27-19-12-20-28-39/h9-30,32,35,43,47-49H,31,33-34H2,1-8H3,(H,59,68)(H,58,60,71)(H,72,73,74)/b62-46-/t43-,47+/m1/s1. The third-order valence-corrected chi connectivity index (χ3v) is 13.6. The summed E-state index contributed by atoms with van der Waals surface area (Å²) in [6.45, 7) is 11.7. The molecule has 0 spiro atoms. The maximum absolute atomic E-state index is 14.2. The molecule has 3 aromatic heterocycles. The van der Waals surface area contributed by atoms with Crippen molar-refractivity contribution in [1.82, 2.24) is 34.3 Å². The molecule has 25 heteroatoms. The number of nitrogens with zero attached hydrogens (tertiary/aromatic N) is 7. The summed E-state index contributed by atoms with van der Waals surface area (Å²) in [4.78, 5) is 84.1. The summed E-state index contributed by atoms with van der Waals surface area (Å²) in [5.74, 6) is -3.19. The molecule has 0 saturated carbocycles. The Labute approximate surface area is 476 Å². The van der Waals surface area contributed by atoms with Crippen molar-refractivity contribution >= 4 is 56.4 Å². The first-order chi connectivity index (χ1) is 38.8. The van der Waals surface area contributed by atoms with E-state index in [1.807, 2.05) is 121 Å². The molecule has 0 radical (unpaired) electrons. The minimum absolute atomic E-state index is 0.00368. The predicted molar refractivity (Wildman–Crippen MR) is 300 cm³/mol. The molecule has 0 aliphatic carbocycles. The number of hydrogen-bond donors (Lipinski definition) is 3. The molecule has 3 N–H and O–H groups in total. The first-order valence-electron chi connectivity index (χ1n) is 25.6. The molecule has 0 bridgehead atoms. The predicted octanol–water partition coefficient (Wildman–Crippen LogP) is 7.39. The topological polar surface area (TPSA) is 283 Å². The first kappa shape index (κ1) is 59.3. The molecule has 430 valence electrons. The van der Waals surface area contributed by atoms with E-state index < -0.39 is 93.0 Å². The summed E-state index contributed by atoms with van der Waals surface area (Å²) in [5.41, 5.74) is -1.04. The van der Waals surface area contributed by atoms with Gasteiger partial charge in [0.05, 0.1) is 43.9 Å². The maximum atomic E-state index is 14.2. The van der Waals surface area contributed by atoms with Gasteiger partial charge in [0, 0.05) is 11.4 Å². The second kappa shape index (κ2) is 24.9. The van der Waals surface area contributed by atoms with Gasteiger partial charge in [-0.05, 0) is 77.6 Å². The van der Waals surface area contributed by atoms with E-state index in [2.05, 4.69) is 31.1 Å². The fraction of sp³-hybridized carbons (Fsp3) is 0.316. The van der Waals surface area contributed by atoms with Crippen LogP contribution in [0.1, 0.15) is 107 Å². The van der Waals surface area contributed by atoms with Gasteiger partial charge in [-0.15, -0.1) is 16.4 Å². The molecule has 1 saturated heterocycles. The number of pyridine rings is 1. The fourth-order valence-electron chi connectivity index (χ4n) is 8.15. The van der Waals surface area contributed by atoms with Gasteiger partial charge in [0.2, 0.25) is 11.0 Å². The van der Waals surface area contributed by atoms with Crippen molar-refractivity contribution in [1.29, 1.82) is 0 Å². The van der Waals surface area contributed by atoms with E-state index in [9.17, 15) is 36.9 Å². The number of carbonyl (C=O) groups excluding carboxylic acids is 4. The molecule has 2 atom stereocenters. The smallest absolute Gasteiger partial charge is 0.413 e. The van der Waals surface area contributed by atoms with Gasteiger partial charge in [-0.25, -0.2) is 23.6 Å². The zero-order chi connectivity index (χ0) is 59.0. The molecule has 7 aromatic rings. The highest BCUT2D eigenvalue weighted by Crippen LogP contribution is 2.30. The van der Waals surface area contributed by atoms with Crippen molar-refractivity contribution in [2.24, 2.45) is 5.16 Å². The number of benzene rings is 4. The molecule has 1 aliphatic rings. The number of thiazole rings is 1. The Bertz CT molecular complexity index is 3510. The van der Waals surface area contributed by atoms with Crippen molar-refractivity contribution in [2.75, 3.05) is 5.32 Å². The third kappa shape index (κ3) is 15.4. The average Bonchev–Trinajstić information content (AvgIpc) is 4.22. The van der Waals surface area contributed by atoms with Gasteiger partial charge in [-0.2, -0.15) is 13.1 Å². The number of rotatable bonds is 22. The third-order valence-electron chi connectivity index (χ3n) is 11.9. The number of aromatic nitrogens is 5. The number of ether oxygens (including phenoxy) is 4. The van der Waals surface area contributed by atoms with Crippen molar-refractivity contribution < 1.29 is 60.8 Å². The second-order valence-corrected chi connectivity index (χ2v) is 23.4. The lowest BCUT2D eigenvalue weighted by Gasteiger charge is -2.43. The quantitative estimate of drug-likeness (QED) is 0.0196. The fourth-order valence-corrected chi connectivity index (χ4v) is 9.71. The number of amides is 3. The van der Waals surface area contributed by atoms with Gasteiger partial charge in [0.25, 0.3) is 11.8 Å². The van der Waals surface area contributed by atoms with E-state index >= 15 is 0 Å². The molecule has 23 nitrogen and oxygen atoms in total. The zero-order valence-corrected chi connectivity index (χ0v) is 47.6. The molecule has 4 heterocycles. The van der Waals surface area contributed by atoms with Crippen LogP contribution in [0.3, 0.4) is 0 Å². The highest BCUT2D eigenvalue weighted by atomic mass is 32.2. The Morgan fingerprint density at radius 1 is 0.756 bits per heavy atom. The van der Waals surface area contributed by atoms with Gasteiger partial charge in [0.1, 0.15) is 34.7 Å². The summed E-state index contributed by atoms with van der Waals surface area (Å²) in [5, 5.41) is 18.4. The summed E-state index contributed by atoms with van der Waals surface area (Å²) < 4.78 is 61.7. The minimum Gasteiger partial charge on any atom is -0.475 e. The molecule has 3 amide bonds. The highest BCUT2D eigenvalue weighted by Gasteiger charge is 2.54. The largest absolute Gasteiger partial charge is 0.475 e. The van der Waals surface area contributed by atoms with Crippen LogP contribution in [0.2, 0.25) is 0 Å². The molecular formula is C57H61N9O14S2. The Kier molecular flexibility index (Phi) is 18.0. The Morgan fingerprint density at radius 3 is 1.84 bits per heavy atom. The Hall–Kier alpha value is -8.78. The highest BCUT2D eigenvalue weighted by molar-refractivity contribution is 7.84. The van der Waals surface area contributed by atoms with E-state index in [1.165, 1.54) is 47.1 Å². The average molecular weight is 1160 g/mol. The van der Waals surface area contributed by atoms with Crippen molar-refractivity contribution in [3.05, 3.63) is 195 Å². The van der Waals surface area contributed by atoms with Crippen LogP contribution in [0, 0.1) is 0 Å². The lowest BCUT2D eigenvalue weighted by atomic mass is 9.98. The number of esters is 1.